The fourth-order valence-corrected chi connectivity index (χ4v) is 2.55. The molecule has 14 heavy (non-hydrogen) atoms. The van der Waals surface area contributed by atoms with Gasteiger partial charge in [0.05, 0.1) is 6.54 Å². The third-order valence-electron chi connectivity index (χ3n) is 2.84. The second kappa shape index (κ2) is 6.72. The Bertz CT molecular complexity index is 141. The second-order valence-electron chi connectivity index (χ2n) is 3.93. The van der Waals surface area contributed by atoms with Crippen LogP contribution in [0.5, 0.6) is 0 Å². The molecule has 0 saturated carbocycles. The number of nitrogens with zero attached hydrogens (tertiary/aromatic N) is 1. The first-order valence-corrected chi connectivity index (χ1v) is 6.14. The first-order chi connectivity index (χ1) is 6.49. The summed E-state index contributed by atoms with van der Waals surface area (Å²) in [4.78, 5) is 1.72. The van der Waals surface area contributed by atoms with Gasteiger partial charge >= 0.3 is 0 Å². The first-order valence-electron chi connectivity index (χ1n) is 5.02. The molecule has 86 valence electrons. The molecule has 0 atom stereocenters. The van der Waals surface area contributed by atoms with E-state index in [1.165, 1.54) is 0 Å². The lowest BCUT2D eigenvalue weighted by Gasteiger charge is -2.34. The van der Waals surface area contributed by atoms with Crippen LogP contribution in [-0.4, -0.2) is 36.8 Å². The maximum atomic E-state index is 12.1. The number of alkyl halides is 3. The zero-order valence-corrected chi connectivity index (χ0v) is 10.8. The van der Waals surface area contributed by atoms with Crippen LogP contribution < -0.4 is 0 Å². The van der Waals surface area contributed by atoms with Crippen LogP contribution in [0.3, 0.4) is 0 Å². The Labute approximate surface area is 94.0 Å². The molecular formula is C10H20BrF2N. The Morgan fingerprint density at radius 2 is 1.79 bits per heavy atom. The van der Waals surface area contributed by atoms with Gasteiger partial charge in [-0.25, -0.2) is 8.78 Å². The molecular weight excluding hydrogens is 252 g/mol. The van der Waals surface area contributed by atoms with Crippen molar-refractivity contribution in [1.29, 1.82) is 0 Å². The molecule has 0 bridgehead atoms. The minimum absolute atomic E-state index is 0.130. The summed E-state index contributed by atoms with van der Waals surface area (Å²) in [6, 6.07) is 0. The summed E-state index contributed by atoms with van der Waals surface area (Å²) in [5.41, 5.74) is 0.143. The van der Waals surface area contributed by atoms with Crippen LogP contribution in [0.4, 0.5) is 8.78 Å². The highest BCUT2D eigenvalue weighted by Gasteiger charge is 2.27. The molecule has 0 fully saturated rings. The van der Waals surface area contributed by atoms with Crippen molar-refractivity contribution in [2.75, 3.05) is 25.5 Å². The van der Waals surface area contributed by atoms with Crippen molar-refractivity contribution in [1.82, 2.24) is 4.90 Å². The van der Waals surface area contributed by atoms with Crippen LogP contribution in [0.15, 0.2) is 0 Å². The third-order valence-corrected chi connectivity index (χ3v) is 4.03. The summed E-state index contributed by atoms with van der Waals surface area (Å²) in [5.74, 6) is 0. The molecule has 0 aromatic rings. The molecule has 0 amide bonds. The van der Waals surface area contributed by atoms with Gasteiger partial charge in [0.2, 0.25) is 0 Å². The van der Waals surface area contributed by atoms with Gasteiger partial charge in [-0.05, 0) is 25.3 Å². The second-order valence-corrected chi connectivity index (χ2v) is 4.49. The maximum absolute atomic E-state index is 12.1. The summed E-state index contributed by atoms with van der Waals surface area (Å²) in [7, 11) is 1.76. The third kappa shape index (κ3) is 4.69. The Morgan fingerprint density at radius 1 is 1.29 bits per heavy atom. The minimum Gasteiger partial charge on any atom is -0.300 e. The van der Waals surface area contributed by atoms with Gasteiger partial charge in [0, 0.05) is 11.9 Å². The highest BCUT2D eigenvalue weighted by Crippen LogP contribution is 2.29. The molecule has 0 spiro atoms. The van der Waals surface area contributed by atoms with Crippen molar-refractivity contribution in [2.24, 2.45) is 5.41 Å². The summed E-state index contributed by atoms with van der Waals surface area (Å²) in [6.45, 7) is 4.83. The minimum atomic E-state index is -2.23. The molecule has 0 heterocycles. The maximum Gasteiger partial charge on any atom is 0.251 e. The molecule has 0 radical (unpaired) electrons. The zero-order valence-electron chi connectivity index (χ0n) is 9.19. The number of hydrogen-bond acceptors (Lipinski definition) is 1. The molecule has 0 aliphatic rings. The molecule has 0 N–H and O–H groups in total. The van der Waals surface area contributed by atoms with E-state index < -0.39 is 6.43 Å². The van der Waals surface area contributed by atoms with Gasteiger partial charge in [0.25, 0.3) is 6.43 Å². The molecule has 0 aliphatic carbocycles. The van der Waals surface area contributed by atoms with E-state index in [1.807, 2.05) is 0 Å². The lowest BCUT2D eigenvalue weighted by atomic mass is 9.84. The van der Waals surface area contributed by atoms with Gasteiger partial charge in [-0.15, -0.1) is 0 Å². The van der Waals surface area contributed by atoms with Crippen LogP contribution in [0.1, 0.15) is 26.7 Å². The Kier molecular flexibility index (Phi) is 6.87. The standard InChI is InChI=1S/C10H20BrF2N/c1-4-10(5-2,7-11)8-14(3)6-9(12)13/h9H,4-8H2,1-3H3. The summed E-state index contributed by atoms with van der Waals surface area (Å²) >= 11 is 3.47. The van der Waals surface area contributed by atoms with E-state index in [1.54, 1.807) is 11.9 Å². The average Bonchev–Trinajstić information content (AvgIpc) is 2.13. The molecule has 0 aliphatic heterocycles. The van der Waals surface area contributed by atoms with Gasteiger partial charge in [-0.1, -0.05) is 29.8 Å². The molecule has 0 aromatic heterocycles. The Hall–Kier alpha value is 0.300. The van der Waals surface area contributed by atoms with Crippen LogP contribution in [0, 0.1) is 5.41 Å². The molecule has 0 saturated heterocycles. The SMILES string of the molecule is CCC(CC)(CBr)CN(C)CC(F)F. The quantitative estimate of drug-likeness (QED) is 0.642. The van der Waals surface area contributed by atoms with Crippen molar-refractivity contribution in [3.8, 4) is 0 Å². The summed E-state index contributed by atoms with van der Waals surface area (Å²) in [5, 5.41) is 0.876. The van der Waals surface area contributed by atoms with E-state index in [9.17, 15) is 8.78 Å². The predicted molar refractivity (Wildman–Crippen MR) is 60.3 cm³/mol. The lowest BCUT2D eigenvalue weighted by molar-refractivity contribution is 0.0780. The van der Waals surface area contributed by atoms with Crippen LogP contribution in [0.2, 0.25) is 0 Å². The van der Waals surface area contributed by atoms with Crippen molar-refractivity contribution >= 4 is 15.9 Å². The topological polar surface area (TPSA) is 3.24 Å². The van der Waals surface area contributed by atoms with Gasteiger partial charge < -0.3 is 4.90 Å². The van der Waals surface area contributed by atoms with Crippen molar-refractivity contribution in [3.05, 3.63) is 0 Å². The highest BCUT2D eigenvalue weighted by atomic mass is 79.9. The molecule has 4 heteroatoms. The Balaban J connectivity index is 4.15. The fraction of sp³-hybridized carbons (Fsp3) is 1.00. The first kappa shape index (κ1) is 14.3. The summed E-state index contributed by atoms with van der Waals surface area (Å²) in [6.07, 6.45) is -0.202. The largest absolute Gasteiger partial charge is 0.300 e. The average molecular weight is 272 g/mol. The van der Waals surface area contributed by atoms with Crippen molar-refractivity contribution < 1.29 is 8.78 Å². The van der Waals surface area contributed by atoms with E-state index in [0.717, 1.165) is 24.7 Å². The van der Waals surface area contributed by atoms with Crippen molar-refractivity contribution in [2.45, 2.75) is 33.1 Å². The molecule has 0 rings (SSSR count). The van der Waals surface area contributed by atoms with Crippen LogP contribution in [0.25, 0.3) is 0 Å². The smallest absolute Gasteiger partial charge is 0.251 e. The normalized spacial score (nSPS) is 12.9. The van der Waals surface area contributed by atoms with E-state index >= 15 is 0 Å². The fourth-order valence-electron chi connectivity index (χ4n) is 1.58. The van der Waals surface area contributed by atoms with Crippen LogP contribution in [-0.2, 0) is 0 Å². The van der Waals surface area contributed by atoms with Gasteiger partial charge in [0.15, 0.2) is 0 Å². The lowest BCUT2D eigenvalue weighted by Crippen LogP contribution is -2.38. The number of hydrogen-bond donors (Lipinski definition) is 0. The zero-order chi connectivity index (χ0) is 11.2. The van der Waals surface area contributed by atoms with E-state index in [0.29, 0.717) is 0 Å². The summed E-state index contributed by atoms with van der Waals surface area (Å²) < 4.78 is 24.2. The van der Waals surface area contributed by atoms with E-state index in [-0.39, 0.29) is 12.0 Å². The molecule has 0 aromatic carbocycles. The molecule has 0 unspecified atom stereocenters. The number of halogens is 3. The van der Waals surface area contributed by atoms with Gasteiger partial charge in [-0.2, -0.15) is 0 Å². The number of rotatable bonds is 7. The molecule has 1 nitrogen and oxygen atoms in total. The van der Waals surface area contributed by atoms with Gasteiger partial charge in [-0.3, -0.25) is 0 Å². The van der Waals surface area contributed by atoms with E-state index in [4.69, 9.17) is 0 Å². The van der Waals surface area contributed by atoms with Gasteiger partial charge in [0.1, 0.15) is 0 Å². The van der Waals surface area contributed by atoms with Crippen molar-refractivity contribution in [3.63, 3.8) is 0 Å². The monoisotopic (exact) mass is 271 g/mol. The Morgan fingerprint density at radius 3 is 2.07 bits per heavy atom. The van der Waals surface area contributed by atoms with E-state index in [2.05, 4.69) is 29.8 Å². The predicted octanol–water partition coefficient (Wildman–Crippen LogP) is 3.38. The van der Waals surface area contributed by atoms with Crippen LogP contribution >= 0.6 is 15.9 Å². The highest BCUT2D eigenvalue weighted by molar-refractivity contribution is 9.09.